The number of benzene rings is 1. The van der Waals surface area contributed by atoms with Gasteiger partial charge >= 0.3 is 6.03 Å². The van der Waals surface area contributed by atoms with Crippen molar-refractivity contribution in [3.8, 4) is 5.69 Å². The summed E-state index contributed by atoms with van der Waals surface area (Å²) in [5.74, 6) is 0.186. The van der Waals surface area contributed by atoms with Crippen LogP contribution in [-0.2, 0) is 4.79 Å². The molecule has 0 saturated carbocycles. The van der Waals surface area contributed by atoms with Crippen LogP contribution in [0.5, 0.6) is 0 Å². The molecule has 1 atom stereocenters. The van der Waals surface area contributed by atoms with Crippen LogP contribution in [-0.4, -0.2) is 45.0 Å². The standard InChI is InChI=1S/C18H23ClN6O2S/c1-11(2)14(15(26)21-16(20)27)28-18-23-22-17(24-9-5-6-10-24)25(18)13-8-4-3-7-12(13)19/h3-4,7-8,11,14H,5-6,9-10H2,1-2H3,(H3,20,21,26,27). The van der Waals surface area contributed by atoms with Gasteiger partial charge in [0.25, 0.3) is 0 Å². The lowest BCUT2D eigenvalue weighted by Crippen LogP contribution is -2.42. The molecule has 150 valence electrons. The second kappa shape index (κ2) is 8.83. The predicted molar refractivity (Wildman–Crippen MR) is 110 cm³/mol. The highest BCUT2D eigenvalue weighted by atomic mass is 35.5. The molecule has 0 aliphatic carbocycles. The number of nitrogens with zero attached hydrogens (tertiary/aromatic N) is 4. The fraction of sp³-hybridized carbons (Fsp3) is 0.444. The average Bonchev–Trinajstić information content (AvgIpc) is 3.28. The maximum Gasteiger partial charge on any atom is 0.318 e. The number of primary amides is 1. The van der Waals surface area contributed by atoms with E-state index in [4.69, 9.17) is 17.3 Å². The van der Waals surface area contributed by atoms with Gasteiger partial charge in [0, 0.05) is 13.1 Å². The number of thioether (sulfide) groups is 1. The maximum atomic E-state index is 12.5. The van der Waals surface area contributed by atoms with Gasteiger partial charge in [0.05, 0.1) is 16.0 Å². The number of imide groups is 1. The Kier molecular flexibility index (Phi) is 6.46. The van der Waals surface area contributed by atoms with E-state index < -0.39 is 17.2 Å². The molecular formula is C18H23ClN6O2S. The van der Waals surface area contributed by atoms with E-state index in [0.717, 1.165) is 31.6 Å². The molecule has 0 radical (unpaired) electrons. The molecule has 1 saturated heterocycles. The summed E-state index contributed by atoms with van der Waals surface area (Å²) in [6.45, 7) is 5.58. The number of hydrogen-bond donors (Lipinski definition) is 2. The summed E-state index contributed by atoms with van der Waals surface area (Å²) in [4.78, 5) is 25.7. The zero-order valence-corrected chi connectivity index (χ0v) is 17.3. The number of carbonyl (C=O) groups is 2. The van der Waals surface area contributed by atoms with Gasteiger partial charge in [0.1, 0.15) is 0 Å². The van der Waals surface area contributed by atoms with Crippen LogP contribution in [0.4, 0.5) is 10.7 Å². The Morgan fingerprint density at radius 2 is 1.89 bits per heavy atom. The van der Waals surface area contributed by atoms with Gasteiger partial charge in [0.2, 0.25) is 11.9 Å². The third-order valence-corrected chi connectivity index (χ3v) is 6.25. The van der Waals surface area contributed by atoms with Crippen molar-refractivity contribution in [2.24, 2.45) is 11.7 Å². The molecule has 3 N–H and O–H groups in total. The van der Waals surface area contributed by atoms with E-state index in [2.05, 4.69) is 20.4 Å². The summed E-state index contributed by atoms with van der Waals surface area (Å²) in [6, 6.07) is 6.57. The summed E-state index contributed by atoms with van der Waals surface area (Å²) in [6.07, 6.45) is 2.18. The van der Waals surface area contributed by atoms with E-state index in [0.29, 0.717) is 16.1 Å². The van der Waals surface area contributed by atoms with Crippen LogP contribution >= 0.6 is 23.4 Å². The third kappa shape index (κ3) is 4.41. The van der Waals surface area contributed by atoms with E-state index in [-0.39, 0.29) is 5.92 Å². The van der Waals surface area contributed by atoms with Gasteiger partial charge in [-0.1, -0.05) is 49.3 Å². The predicted octanol–water partition coefficient (Wildman–Crippen LogP) is 2.83. The number of nitrogens with one attached hydrogen (secondary N) is 1. The molecule has 3 rings (SSSR count). The Bertz CT molecular complexity index is 866. The van der Waals surface area contributed by atoms with Crippen molar-refractivity contribution in [2.75, 3.05) is 18.0 Å². The van der Waals surface area contributed by atoms with Gasteiger partial charge in [-0.15, -0.1) is 10.2 Å². The number of urea groups is 1. The molecule has 10 heteroatoms. The first-order valence-corrected chi connectivity index (χ1v) is 10.4. The lowest BCUT2D eigenvalue weighted by Gasteiger charge is -2.21. The smallest absolute Gasteiger partial charge is 0.318 e. The lowest BCUT2D eigenvalue weighted by atomic mass is 10.1. The number of para-hydroxylation sites is 1. The fourth-order valence-corrected chi connectivity index (χ4v) is 4.36. The number of amides is 3. The first kappa shape index (κ1) is 20.5. The van der Waals surface area contributed by atoms with Crippen molar-refractivity contribution < 1.29 is 9.59 Å². The van der Waals surface area contributed by atoms with Crippen LogP contribution < -0.4 is 16.0 Å². The molecule has 28 heavy (non-hydrogen) atoms. The number of aromatic nitrogens is 3. The molecule has 0 bridgehead atoms. The van der Waals surface area contributed by atoms with Gasteiger partial charge in [0.15, 0.2) is 5.16 Å². The van der Waals surface area contributed by atoms with Crippen LogP contribution in [0.3, 0.4) is 0 Å². The van der Waals surface area contributed by atoms with Crippen LogP contribution in [0.1, 0.15) is 26.7 Å². The topological polar surface area (TPSA) is 106 Å². The Balaban J connectivity index is 2.01. The molecule has 0 spiro atoms. The van der Waals surface area contributed by atoms with Gasteiger partial charge < -0.3 is 10.6 Å². The summed E-state index contributed by atoms with van der Waals surface area (Å²) >= 11 is 7.69. The van der Waals surface area contributed by atoms with E-state index in [1.54, 1.807) is 6.07 Å². The zero-order chi connectivity index (χ0) is 20.3. The van der Waals surface area contributed by atoms with E-state index in [9.17, 15) is 9.59 Å². The summed E-state index contributed by atoms with van der Waals surface area (Å²) in [7, 11) is 0. The van der Waals surface area contributed by atoms with Gasteiger partial charge in [-0.25, -0.2) is 4.79 Å². The second-order valence-electron chi connectivity index (χ2n) is 6.90. The highest BCUT2D eigenvalue weighted by molar-refractivity contribution is 8.00. The van der Waals surface area contributed by atoms with Crippen LogP contribution in [0.15, 0.2) is 29.4 Å². The number of anilines is 1. The van der Waals surface area contributed by atoms with Crippen LogP contribution in [0.2, 0.25) is 5.02 Å². The highest BCUT2D eigenvalue weighted by Gasteiger charge is 2.30. The molecule has 2 heterocycles. The average molecular weight is 423 g/mol. The summed E-state index contributed by atoms with van der Waals surface area (Å²) in [5, 5.41) is 11.4. The summed E-state index contributed by atoms with van der Waals surface area (Å²) in [5.41, 5.74) is 5.86. The van der Waals surface area contributed by atoms with E-state index >= 15 is 0 Å². The second-order valence-corrected chi connectivity index (χ2v) is 8.42. The quantitative estimate of drug-likeness (QED) is 0.693. The number of halogens is 1. The minimum atomic E-state index is -0.874. The Morgan fingerprint density at radius 3 is 2.50 bits per heavy atom. The van der Waals surface area contributed by atoms with Gasteiger partial charge in [-0.05, 0) is 30.9 Å². The first-order chi connectivity index (χ1) is 13.4. The number of rotatable bonds is 6. The molecular weight excluding hydrogens is 400 g/mol. The van der Waals surface area contributed by atoms with Crippen molar-refractivity contribution >= 4 is 41.2 Å². The van der Waals surface area contributed by atoms with Crippen molar-refractivity contribution in [3.05, 3.63) is 29.3 Å². The van der Waals surface area contributed by atoms with Gasteiger partial charge in [-0.3, -0.25) is 14.7 Å². The van der Waals surface area contributed by atoms with Crippen molar-refractivity contribution in [1.82, 2.24) is 20.1 Å². The number of carbonyl (C=O) groups excluding carboxylic acids is 2. The lowest BCUT2D eigenvalue weighted by molar-refractivity contribution is -0.120. The summed E-state index contributed by atoms with van der Waals surface area (Å²) < 4.78 is 1.88. The normalized spacial score (nSPS) is 15.1. The zero-order valence-electron chi connectivity index (χ0n) is 15.8. The minimum Gasteiger partial charge on any atom is -0.351 e. The van der Waals surface area contributed by atoms with Crippen molar-refractivity contribution in [1.29, 1.82) is 0 Å². The minimum absolute atomic E-state index is 0.0593. The Labute approximate surface area is 172 Å². The van der Waals surface area contributed by atoms with E-state index in [1.807, 2.05) is 36.6 Å². The Hall–Kier alpha value is -2.26. The monoisotopic (exact) mass is 422 g/mol. The van der Waals surface area contributed by atoms with Crippen molar-refractivity contribution in [3.63, 3.8) is 0 Å². The molecule has 1 aromatic carbocycles. The molecule has 1 aliphatic heterocycles. The van der Waals surface area contributed by atoms with Crippen LogP contribution in [0, 0.1) is 5.92 Å². The third-order valence-electron chi connectivity index (χ3n) is 4.44. The highest BCUT2D eigenvalue weighted by Crippen LogP contribution is 2.35. The largest absolute Gasteiger partial charge is 0.351 e. The Morgan fingerprint density at radius 1 is 1.21 bits per heavy atom. The number of hydrogen-bond acceptors (Lipinski definition) is 6. The van der Waals surface area contributed by atoms with Gasteiger partial charge in [-0.2, -0.15) is 0 Å². The number of nitrogens with two attached hydrogens (primary N) is 1. The van der Waals surface area contributed by atoms with Crippen molar-refractivity contribution in [2.45, 2.75) is 37.1 Å². The molecule has 1 fully saturated rings. The molecule has 1 aliphatic rings. The molecule has 8 nitrogen and oxygen atoms in total. The van der Waals surface area contributed by atoms with E-state index in [1.165, 1.54) is 11.8 Å². The van der Waals surface area contributed by atoms with Crippen LogP contribution in [0.25, 0.3) is 5.69 Å². The first-order valence-electron chi connectivity index (χ1n) is 9.10. The fourth-order valence-electron chi connectivity index (χ4n) is 3.10. The SMILES string of the molecule is CC(C)C(Sc1nnc(N2CCCC2)n1-c1ccccc1Cl)C(=O)NC(N)=O. The molecule has 1 aromatic heterocycles. The molecule has 3 amide bonds. The molecule has 2 aromatic rings. The molecule has 1 unspecified atom stereocenters. The maximum absolute atomic E-state index is 12.5.